The first-order valence-electron chi connectivity index (χ1n) is 12.4. The molecule has 2 aliphatic heterocycles. The topological polar surface area (TPSA) is 71.5 Å². The highest BCUT2D eigenvalue weighted by Crippen LogP contribution is 2.43. The Hall–Kier alpha value is -3.22. The Kier molecular flexibility index (Phi) is 6.61. The lowest BCUT2D eigenvalue weighted by molar-refractivity contribution is 0.0524. The van der Waals surface area contributed by atoms with E-state index in [1.165, 1.54) is 11.1 Å². The van der Waals surface area contributed by atoms with Gasteiger partial charge in [-0.05, 0) is 61.4 Å². The van der Waals surface area contributed by atoms with Crippen molar-refractivity contribution in [1.29, 1.82) is 0 Å². The third kappa shape index (κ3) is 4.83. The van der Waals surface area contributed by atoms with Crippen LogP contribution in [0.5, 0.6) is 0 Å². The third-order valence-corrected chi connectivity index (χ3v) is 7.26. The Morgan fingerprint density at radius 2 is 1.91 bits per heavy atom. The smallest absolute Gasteiger partial charge is 0.409 e. The van der Waals surface area contributed by atoms with Crippen LogP contribution in [-0.4, -0.2) is 58.7 Å². The molecular formula is C27H33N5O2. The number of nitrogens with zero attached hydrogens (tertiary/aromatic N) is 5. The molecule has 0 atom stereocenters. The molecule has 2 fully saturated rings. The van der Waals surface area contributed by atoms with Crippen LogP contribution in [0.4, 0.5) is 10.6 Å². The first kappa shape index (κ1) is 22.6. The van der Waals surface area contributed by atoms with Crippen LogP contribution in [0.2, 0.25) is 0 Å². The number of anilines is 1. The highest BCUT2D eigenvalue weighted by atomic mass is 16.6. The Balaban J connectivity index is 1.21. The number of rotatable bonds is 7. The van der Waals surface area contributed by atoms with E-state index in [4.69, 9.17) is 4.74 Å². The number of fused-ring (bicyclic) bond motifs is 1. The zero-order valence-electron chi connectivity index (χ0n) is 19.9. The molecule has 1 amide bonds. The summed E-state index contributed by atoms with van der Waals surface area (Å²) in [6.45, 7) is 6.15. The van der Waals surface area contributed by atoms with Crippen molar-refractivity contribution in [3.05, 3.63) is 60.2 Å². The zero-order chi connectivity index (χ0) is 23.4. The normalized spacial score (nSPS) is 17.1. The van der Waals surface area contributed by atoms with Gasteiger partial charge < -0.3 is 14.5 Å². The van der Waals surface area contributed by atoms with Gasteiger partial charge in [0.2, 0.25) is 0 Å². The molecule has 7 heteroatoms. The molecule has 0 radical (unpaired) electrons. The summed E-state index contributed by atoms with van der Waals surface area (Å²) in [5.41, 5.74) is 3.80. The number of unbranched alkanes of at least 4 members (excludes halogenated alkanes) is 1. The first-order chi connectivity index (χ1) is 16.7. The van der Waals surface area contributed by atoms with Crippen molar-refractivity contribution in [3.8, 4) is 0 Å². The molecule has 0 unspecified atom stereocenters. The maximum Gasteiger partial charge on any atom is 0.409 e. The van der Waals surface area contributed by atoms with Crippen molar-refractivity contribution >= 4 is 22.8 Å². The fraction of sp³-hybridized carbons (Fsp3) is 0.481. The Morgan fingerprint density at radius 1 is 1.09 bits per heavy atom. The molecule has 0 N–H and O–H groups in total. The van der Waals surface area contributed by atoms with Gasteiger partial charge in [-0.3, -0.25) is 4.98 Å². The highest BCUT2D eigenvalue weighted by Gasteiger charge is 2.46. The molecule has 178 valence electrons. The fourth-order valence-electron chi connectivity index (χ4n) is 5.12. The van der Waals surface area contributed by atoms with E-state index in [1.54, 1.807) is 6.33 Å². The van der Waals surface area contributed by atoms with Crippen LogP contribution < -0.4 is 4.90 Å². The van der Waals surface area contributed by atoms with Crippen molar-refractivity contribution in [1.82, 2.24) is 19.9 Å². The molecule has 2 saturated heterocycles. The first-order valence-corrected chi connectivity index (χ1v) is 12.4. The monoisotopic (exact) mass is 459 g/mol. The van der Waals surface area contributed by atoms with E-state index < -0.39 is 0 Å². The fourth-order valence-corrected chi connectivity index (χ4v) is 5.12. The minimum absolute atomic E-state index is 0.153. The number of piperidine rings is 1. The molecule has 0 saturated carbocycles. The highest BCUT2D eigenvalue weighted by molar-refractivity contribution is 5.90. The van der Waals surface area contributed by atoms with E-state index in [9.17, 15) is 4.79 Å². The molecule has 1 aromatic carbocycles. The van der Waals surface area contributed by atoms with Crippen molar-refractivity contribution in [2.24, 2.45) is 5.41 Å². The van der Waals surface area contributed by atoms with Gasteiger partial charge in [0.1, 0.15) is 12.1 Å². The quantitative estimate of drug-likeness (QED) is 0.479. The number of benzene rings is 1. The van der Waals surface area contributed by atoms with Gasteiger partial charge in [-0.15, -0.1) is 0 Å². The molecule has 3 aromatic rings. The maximum atomic E-state index is 12.3. The molecular weight excluding hydrogens is 426 g/mol. The second-order valence-electron chi connectivity index (χ2n) is 9.72. The van der Waals surface area contributed by atoms with E-state index in [0.717, 1.165) is 81.4 Å². The van der Waals surface area contributed by atoms with Crippen molar-refractivity contribution in [2.75, 3.05) is 37.7 Å². The van der Waals surface area contributed by atoms with Crippen LogP contribution in [-0.2, 0) is 17.6 Å². The lowest BCUT2D eigenvalue weighted by atomic mass is 9.72. The molecule has 7 nitrogen and oxygen atoms in total. The maximum absolute atomic E-state index is 12.3. The van der Waals surface area contributed by atoms with Crippen LogP contribution in [0.15, 0.2) is 49.1 Å². The summed E-state index contributed by atoms with van der Waals surface area (Å²) in [5, 5.41) is 1.12. The second kappa shape index (κ2) is 9.95. The molecule has 0 bridgehead atoms. The van der Waals surface area contributed by atoms with Crippen molar-refractivity contribution in [2.45, 2.75) is 45.4 Å². The lowest BCUT2D eigenvalue weighted by Gasteiger charge is -2.54. The molecule has 4 heterocycles. The second-order valence-corrected chi connectivity index (χ2v) is 9.72. The van der Waals surface area contributed by atoms with Gasteiger partial charge >= 0.3 is 6.09 Å². The van der Waals surface area contributed by atoms with E-state index in [-0.39, 0.29) is 11.5 Å². The van der Waals surface area contributed by atoms with E-state index >= 15 is 0 Å². The summed E-state index contributed by atoms with van der Waals surface area (Å²) in [4.78, 5) is 29.9. The van der Waals surface area contributed by atoms with Gasteiger partial charge in [-0.25, -0.2) is 14.8 Å². The summed E-state index contributed by atoms with van der Waals surface area (Å²) in [6.07, 6.45) is 11.2. The molecule has 5 rings (SSSR count). The van der Waals surface area contributed by atoms with Crippen molar-refractivity contribution in [3.63, 3.8) is 0 Å². The summed E-state index contributed by atoms with van der Waals surface area (Å²) in [7, 11) is 0. The Bertz CT molecular complexity index is 1120. The summed E-state index contributed by atoms with van der Waals surface area (Å²) < 4.78 is 5.40. The summed E-state index contributed by atoms with van der Waals surface area (Å²) >= 11 is 0. The van der Waals surface area contributed by atoms with Gasteiger partial charge in [0.25, 0.3) is 0 Å². The number of hydrogen-bond acceptors (Lipinski definition) is 6. The van der Waals surface area contributed by atoms with Gasteiger partial charge in [0.15, 0.2) is 0 Å². The third-order valence-electron chi connectivity index (χ3n) is 7.26. The van der Waals surface area contributed by atoms with Crippen molar-refractivity contribution < 1.29 is 9.53 Å². The SMILES string of the molecule is CCCCOC(=O)N1CCC2(CC1)CN(c1ncnc3ccc(CCc4cccnc4)cc13)C2. The van der Waals surface area contributed by atoms with E-state index in [2.05, 4.69) is 51.0 Å². The number of aromatic nitrogens is 3. The number of aryl methyl sites for hydroxylation is 2. The molecule has 34 heavy (non-hydrogen) atoms. The molecule has 1 spiro atoms. The Morgan fingerprint density at radius 3 is 2.68 bits per heavy atom. The minimum atomic E-state index is -0.153. The largest absolute Gasteiger partial charge is 0.449 e. The predicted octanol–water partition coefficient (Wildman–Crippen LogP) is 4.65. The van der Waals surface area contributed by atoms with Gasteiger partial charge in [0.05, 0.1) is 12.1 Å². The average Bonchev–Trinajstić information content (AvgIpc) is 2.86. The number of pyridine rings is 1. The van der Waals surface area contributed by atoms with Gasteiger partial charge in [-0.2, -0.15) is 0 Å². The molecule has 2 aliphatic rings. The molecule has 0 aliphatic carbocycles. The lowest BCUT2D eigenvalue weighted by Crippen LogP contribution is -2.61. The van der Waals surface area contributed by atoms with Crippen LogP contribution in [0.1, 0.15) is 43.7 Å². The van der Waals surface area contributed by atoms with Crippen LogP contribution >= 0.6 is 0 Å². The number of carbonyl (C=O) groups excluding carboxylic acids is 1. The predicted molar refractivity (Wildman–Crippen MR) is 133 cm³/mol. The van der Waals surface area contributed by atoms with E-state index in [1.807, 2.05) is 23.4 Å². The average molecular weight is 460 g/mol. The number of likely N-dealkylation sites (tertiary alicyclic amines) is 1. The molecule has 2 aromatic heterocycles. The summed E-state index contributed by atoms with van der Waals surface area (Å²) in [5.74, 6) is 1.03. The van der Waals surface area contributed by atoms with Crippen LogP contribution in [0.3, 0.4) is 0 Å². The van der Waals surface area contributed by atoms with Crippen LogP contribution in [0, 0.1) is 5.41 Å². The van der Waals surface area contributed by atoms with Gasteiger partial charge in [0, 0.05) is 49.4 Å². The summed E-state index contributed by atoms with van der Waals surface area (Å²) in [6, 6.07) is 10.6. The zero-order valence-corrected chi connectivity index (χ0v) is 19.9. The van der Waals surface area contributed by atoms with Crippen LogP contribution in [0.25, 0.3) is 10.9 Å². The number of ether oxygens (including phenoxy) is 1. The number of amides is 1. The minimum Gasteiger partial charge on any atom is -0.449 e. The van der Waals surface area contributed by atoms with E-state index in [0.29, 0.717) is 6.61 Å². The Labute approximate surface area is 201 Å². The number of carbonyl (C=O) groups is 1. The number of hydrogen-bond donors (Lipinski definition) is 0. The van der Waals surface area contributed by atoms with Gasteiger partial charge in [-0.1, -0.05) is 25.5 Å². The standard InChI is InChI=1S/C27H33N5O2/c1-2-3-15-34-26(33)31-13-10-27(11-14-31)18-32(19-27)25-23-16-21(8-9-24(23)29-20-30-25)6-7-22-5-4-12-28-17-22/h4-5,8-9,12,16-17,20H,2-3,6-7,10-11,13-15,18-19H2,1H3.